The molecule has 0 bridgehead atoms. The summed E-state index contributed by atoms with van der Waals surface area (Å²) >= 11 is 0. The molecule has 2 unspecified atom stereocenters. The van der Waals surface area contributed by atoms with E-state index in [0.29, 0.717) is 17.7 Å². The summed E-state index contributed by atoms with van der Waals surface area (Å²) in [6, 6.07) is 6.35. The summed E-state index contributed by atoms with van der Waals surface area (Å²) in [4.78, 5) is 17.9. The van der Waals surface area contributed by atoms with Crippen molar-refractivity contribution in [3.05, 3.63) is 23.9 Å². The van der Waals surface area contributed by atoms with Crippen molar-refractivity contribution in [3.63, 3.8) is 0 Å². The first-order chi connectivity index (χ1) is 14.0. The van der Waals surface area contributed by atoms with Gasteiger partial charge in [0, 0.05) is 32.1 Å². The third kappa shape index (κ3) is 3.59. The number of rotatable bonds is 5. The van der Waals surface area contributed by atoms with E-state index in [9.17, 15) is 4.79 Å². The molecule has 0 N–H and O–H groups in total. The Morgan fingerprint density at radius 3 is 2.59 bits per heavy atom. The molecule has 2 aliphatic heterocycles. The number of hydrogen-bond acceptors (Lipinski definition) is 4. The monoisotopic (exact) mass is 399 g/mol. The lowest BCUT2D eigenvalue weighted by Crippen LogP contribution is -2.51. The van der Waals surface area contributed by atoms with Crippen LogP contribution in [0.3, 0.4) is 0 Å². The van der Waals surface area contributed by atoms with Crippen LogP contribution in [0.15, 0.2) is 18.2 Å². The fourth-order valence-electron chi connectivity index (χ4n) is 5.38. The molecular weight excluding hydrogens is 366 g/mol. The largest absolute Gasteiger partial charge is 0.496 e. The van der Waals surface area contributed by atoms with Gasteiger partial charge in [0.2, 0.25) is 0 Å². The summed E-state index contributed by atoms with van der Waals surface area (Å²) in [5, 5.41) is 0.905. The molecule has 6 nitrogen and oxygen atoms in total. The second-order valence-electron chi connectivity index (χ2n) is 8.51. The topological polar surface area (TPSA) is 46.9 Å². The van der Waals surface area contributed by atoms with E-state index in [0.717, 1.165) is 28.9 Å². The Kier molecular flexibility index (Phi) is 5.72. The maximum atomic E-state index is 13.4. The lowest BCUT2D eigenvalue weighted by molar-refractivity contribution is 0.0400. The molecule has 4 rings (SSSR count). The summed E-state index contributed by atoms with van der Waals surface area (Å²) in [5.74, 6) is 2.12. The summed E-state index contributed by atoms with van der Waals surface area (Å²) in [7, 11) is 7.17. The molecule has 0 saturated carbocycles. The predicted molar refractivity (Wildman–Crippen MR) is 115 cm³/mol. The van der Waals surface area contributed by atoms with E-state index in [4.69, 9.17) is 9.47 Å². The van der Waals surface area contributed by atoms with Crippen LogP contribution in [-0.2, 0) is 7.05 Å². The first kappa shape index (κ1) is 20.1. The first-order valence-electron chi connectivity index (χ1n) is 10.7. The minimum atomic E-state index is 0.0562. The number of ether oxygens (including phenoxy) is 2. The molecule has 29 heavy (non-hydrogen) atoms. The Balaban J connectivity index is 1.59. The number of nitrogens with zero attached hydrogens (tertiary/aromatic N) is 3. The molecule has 3 heterocycles. The molecule has 2 aromatic rings. The number of aryl methyl sites for hydroxylation is 1. The highest BCUT2D eigenvalue weighted by Crippen LogP contribution is 2.36. The van der Waals surface area contributed by atoms with Crippen LogP contribution < -0.4 is 9.47 Å². The number of piperidine rings is 2. The number of fused-ring (bicyclic) bond motifs is 2. The number of aromatic nitrogens is 1. The van der Waals surface area contributed by atoms with Crippen molar-refractivity contribution in [1.82, 2.24) is 14.4 Å². The van der Waals surface area contributed by atoms with E-state index in [2.05, 4.69) is 4.90 Å². The maximum absolute atomic E-state index is 13.4. The molecule has 1 aromatic heterocycles. The average molecular weight is 400 g/mol. The minimum absolute atomic E-state index is 0.0562. The number of amides is 1. The highest BCUT2D eigenvalue weighted by Gasteiger charge is 2.34. The molecule has 1 amide bonds. The number of carbonyl (C=O) groups is 1. The molecule has 0 aliphatic carbocycles. The van der Waals surface area contributed by atoms with E-state index in [1.54, 1.807) is 14.2 Å². The highest BCUT2D eigenvalue weighted by atomic mass is 16.5. The molecular formula is C23H33N3O3. The van der Waals surface area contributed by atoms with Crippen molar-refractivity contribution in [1.29, 1.82) is 0 Å². The summed E-state index contributed by atoms with van der Waals surface area (Å²) < 4.78 is 13.0. The van der Waals surface area contributed by atoms with Gasteiger partial charge < -0.3 is 23.8 Å². The lowest BCUT2D eigenvalue weighted by atomic mass is 9.83. The number of carbonyl (C=O) groups excluding carboxylic acids is 1. The zero-order chi connectivity index (χ0) is 20.5. The van der Waals surface area contributed by atoms with Crippen LogP contribution in [0.25, 0.3) is 10.9 Å². The van der Waals surface area contributed by atoms with Gasteiger partial charge in [0.05, 0.1) is 19.7 Å². The molecule has 1 aromatic carbocycles. The van der Waals surface area contributed by atoms with Crippen molar-refractivity contribution >= 4 is 16.8 Å². The van der Waals surface area contributed by atoms with E-state index >= 15 is 0 Å². The Morgan fingerprint density at radius 2 is 1.83 bits per heavy atom. The van der Waals surface area contributed by atoms with Crippen LogP contribution in [-0.4, -0.2) is 67.2 Å². The smallest absolute Gasteiger partial charge is 0.270 e. The lowest BCUT2D eigenvalue weighted by Gasteiger charge is -2.45. The van der Waals surface area contributed by atoms with Gasteiger partial charge in [-0.25, -0.2) is 0 Å². The second kappa shape index (κ2) is 8.27. The maximum Gasteiger partial charge on any atom is 0.270 e. The second-order valence-corrected chi connectivity index (χ2v) is 8.51. The number of benzene rings is 1. The van der Waals surface area contributed by atoms with E-state index in [-0.39, 0.29) is 5.91 Å². The van der Waals surface area contributed by atoms with Crippen molar-refractivity contribution in [2.24, 2.45) is 13.0 Å². The zero-order valence-corrected chi connectivity index (χ0v) is 18.1. The van der Waals surface area contributed by atoms with Gasteiger partial charge in [-0.2, -0.15) is 0 Å². The highest BCUT2D eigenvalue weighted by molar-refractivity contribution is 6.02. The summed E-state index contributed by atoms with van der Waals surface area (Å²) in [5.41, 5.74) is 1.56. The molecule has 2 fully saturated rings. The molecule has 2 saturated heterocycles. The van der Waals surface area contributed by atoms with Crippen LogP contribution in [0.1, 0.15) is 42.6 Å². The Hall–Kier alpha value is -2.21. The minimum Gasteiger partial charge on any atom is -0.496 e. The first-order valence-corrected chi connectivity index (χ1v) is 10.7. The molecule has 0 spiro atoms. The average Bonchev–Trinajstić information content (AvgIpc) is 3.10. The number of hydrogen-bond donors (Lipinski definition) is 0. The van der Waals surface area contributed by atoms with Crippen molar-refractivity contribution in [2.75, 3.05) is 40.9 Å². The third-order valence-electron chi connectivity index (χ3n) is 6.86. The zero-order valence-electron chi connectivity index (χ0n) is 18.1. The summed E-state index contributed by atoms with van der Waals surface area (Å²) in [6.07, 6.45) is 6.37. The molecule has 158 valence electrons. The predicted octanol–water partition coefficient (Wildman–Crippen LogP) is 3.53. The van der Waals surface area contributed by atoms with Crippen LogP contribution in [0, 0.1) is 5.92 Å². The van der Waals surface area contributed by atoms with Crippen molar-refractivity contribution in [2.45, 2.75) is 38.1 Å². The quantitative estimate of drug-likeness (QED) is 0.772. The van der Waals surface area contributed by atoms with Crippen molar-refractivity contribution < 1.29 is 14.3 Å². The molecule has 2 aliphatic rings. The van der Waals surface area contributed by atoms with Crippen LogP contribution in [0.2, 0.25) is 0 Å². The fraction of sp³-hybridized carbons (Fsp3) is 0.609. The van der Waals surface area contributed by atoms with Crippen molar-refractivity contribution in [3.8, 4) is 11.5 Å². The van der Waals surface area contributed by atoms with Crippen LogP contribution in [0.4, 0.5) is 0 Å². The van der Waals surface area contributed by atoms with Gasteiger partial charge in [0.15, 0.2) is 0 Å². The van der Waals surface area contributed by atoms with Gasteiger partial charge >= 0.3 is 0 Å². The fourth-order valence-corrected chi connectivity index (χ4v) is 5.38. The Morgan fingerprint density at radius 1 is 1.10 bits per heavy atom. The van der Waals surface area contributed by atoms with Gasteiger partial charge in [-0.05, 0) is 62.9 Å². The van der Waals surface area contributed by atoms with Gasteiger partial charge in [0.25, 0.3) is 5.91 Å². The van der Waals surface area contributed by atoms with E-state index in [1.807, 2.05) is 41.8 Å². The SMILES string of the molecule is COc1ccc(OC)c2c1cc(C(=O)N(C)CC1CCCN3CCCCC13)n2C. The van der Waals surface area contributed by atoms with Gasteiger partial charge in [-0.3, -0.25) is 4.79 Å². The standard InChI is InChI=1S/C23H33N3O3/c1-24(15-16-8-7-13-26-12-6-5-9-18(16)26)23(27)19-14-17-20(28-3)10-11-21(29-4)22(17)25(19)2/h10-11,14,16,18H,5-9,12-13,15H2,1-4H3. The Labute approximate surface area is 173 Å². The van der Waals surface area contributed by atoms with Crippen LogP contribution in [0.5, 0.6) is 11.5 Å². The molecule has 2 atom stereocenters. The van der Waals surface area contributed by atoms with Gasteiger partial charge in [-0.1, -0.05) is 6.42 Å². The van der Waals surface area contributed by atoms with E-state index < -0.39 is 0 Å². The van der Waals surface area contributed by atoms with Gasteiger partial charge in [-0.15, -0.1) is 0 Å². The molecule has 0 radical (unpaired) electrons. The number of methoxy groups -OCH3 is 2. The third-order valence-corrected chi connectivity index (χ3v) is 6.86. The Bertz CT molecular complexity index is 889. The normalized spacial score (nSPS) is 22.3. The van der Waals surface area contributed by atoms with Crippen LogP contribution >= 0.6 is 0 Å². The van der Waals surface area contributed by atoms with Gasteiger partial charge in [0.1, 0.15) is 17.2 Å². The molecule has 6 heteroatoms. The summed E-state index contributed by atoms with van der Waals surface area (Å²) in [6.45, 7) is 3.26. The van der Waals surface area contributed by atoms with E-state index in [1.165, 1.54) is 45.2 Å².